The van der Waals surface area contributed by atoms with Gasteiger partial charge in [0.15, 0.2) is 17.0 Å². The summed E-state index contributed by atoms with van der Waals surface area (Å²) in [5.74, 6) is 1.65. The van der Waals surface area contributed by atoms with Crippen LogP contribution in [0.25, 0.3) is 11.2 Å². The van der Waals surface area contributed by atoms with Crippen molar-refractivity contribution >= 4 is 22.9 Å². The summed E-state index contributed by atoms with van der Waals surface area (Å²) in [6, 6.07) is 1.67. The third kappa shape index (κ3) is 9.51. The zero-order valence-electron chi connectivity index (χ0n) is 27.4. The van der Waals surface area contributed by atoms with Crippen molar-refractivity contribution in [3.63, 3.8) is 0 Å². The van der Waals surface area contributed by atoms with Crippen LogP contribution in [0, 0.1) is 0 Å². The minimum absolute atomic E-state index is 0.338. The maximum Gasteiger partial charge on any atom is 0.227 e. The fourth-order valence-corrected chi connectivity index (χ4v) is 7.42. The molecule has 0 atom stereocenters. The van der Waals surface area contributed by atoms with Crippen LogP contribution in [0.3, 0.4) is 0 Å². The second-order valence-electron chi connectivity index (χ2n) is 13.8. The Morgan fingerprint density at radius 3 is 2.16 bits per heavy atom. The van der Waals surface area contributed by atoms with Crippen molar-refractivity contribution in [1.82, 2.24) is 29.3 Å². The van der Waals surface area contributed by atoms with E-state index in [4.69, 9.17) is 20.7 Å². The van der Waals surface area contributed by atoms with Gasteiger partial charge in [0.1, 0.15) is 0 Å². The number of piperidine rings is 1. The second kappa shape index (κ2) is 16.9. The van der Waals surface area contributed by atoms with Gasteiger partial charge in [0.2, 0.25) is 5.95 Å². The average Bonchev–Trinajstić information content (AvgIpc) is 3.70. The van der Waals surface area contributed by atoms with Crippen LogP contribution in [-0.4, -0.2) is 86.7 Å². The molecule has 3 aliphatic rings. The molecule has 2 aromatic heterocycles. The van der Waals surface area contributed by atoms with Crippen LogP contribution >= 0.6 is 0 Å². The lowest BCUT2D eigenvalue weighted by molar-refractivity contribution is 0.211. The predicted octanol–water partition coefficient (Wildman–Crippen LogP) is 6.57. The van der Waals surface area contributed by atoms with E-state index in [1.165, 1.54) is 96.8 Å². The van der Waals surface area contributed by atoms with Crippen LogP contribution < -0.4 is 16.4 Å². The summed E-state index contributed by atoms with van der Waals surface area (Å²) in [5, 5.41) is 7.51. The number of anilines is 2. The number of hydrogen-bond donors (Lipinski definition) is 3. The molecule has 0 unspecified atom stereocenters. The molecule has 9 nitrogen and oxygen atoms in total. The van der Waals surface area contributed by atoms with Gasteiger partial charge in [0.25, 0.3) is 0 Å². The molecular formula is C34H61N9. The molecule has 242 valence electrons. The minimum Gasteiger partial charge on any atom is -0.365 e. The number of rotatable bonds is 17. The van der Waals surface area contributed by atoms with Gasteiger partial charge in [0, 0.05) is 37.3 Å². The van der Waals surface area contributed by atoms with Crippen molar-refractivity contribution in [3.05, 3.63) is 6.33 Å². The number of imidazole rings is 1. The van der Waals surface area contributed by atoms with E-state index in [9.17, 15) is 0 Å². The Morgan fingerprint density at radius 1 is 0.791 bits per heavy atom. The highest BCUT2D eigenvalue weighted by atomic mass is 15.2. The summed E-state index contributed by atoms with van der Waals surface area (Å²) >= 11 is 0. The summed E-state index contributed by atoms with van der Waals surface area (Å²) in [4.78, 5) is 20.3. The number of nitrogens with two attached hydrogens (primary N) is 1. The summed E-state index contributed by atoms with van der Waals surface area (Å²) < 4.78 is 2.33. The molecule has 5 rings (SSSR count). The predicted molar refractivity (Wildman–Crippen MR) is 180 cm³/mol. The number of nitrogens with zero attached hydrogens (tertiary/aromatic N) is 6. The lowest BCUT2D eigenvalue weighted by Crippen LogP contribution is -2.39. The minimum atomic E-state index is 0.338. The van der Waals surface area contributed by atoms with E-state index in [0.717, 1.165) is 74.5 Å². The van der Waals surface area contributed by atoms with Crippen molar-refractivity contribution in [2.24, 2.45) is 5.73 Å². The molecule has 3 heterocycles. The number of aromatic nitrogens is 4. The molecule has 0 radical (unpaired) electrons. The van der Waals surface area contributed by atoms with E-state index in [-0.39, 0.29) is 0 Å². The molecule has 2 saturated carbocycles. The van der Waals surface area contributed by atoms with Crippen LogP contribution in [-0.2, 0) is 0 Å². The average molecular weight is 596 g/mol. The van der Waals surface area contributed by atoms with Gasteiger partial charge in [-0.25, -0.2) is 4.98 Å². The third-order valence-electron chi connectivity index (χ3n) is 10.3. The monoisotopic (exact) mass is 596 g/mol. The normalized spacial score (nSPS) is 22.6. The van der Waals surface area contributed by atoms with Crippen molar-refractivity contribution in [3.8, 4) is 0 Å². The first-order valence-electron chi connectivity index (χ1n) is 18.1. The first-order chi connectivity index (χ1) is 21.1. The molecule has 9 heteroatoms. The molecule has 43 heavy (non-hydrogen) atoms. The smallest absolute Gasteiger partial charge is 0.227 e. The Balaban J connectivity index is 1.12. The van der Waals surface area contributed by atoms with Gasteiger partial charge in [-0.05, 0) is 103 Å². The van der Waals surface area contributed by atoms with Crippen LogP contribution in [0.4, 0.5) is 11.8 Å². The highest BCUT2D eigenvalue weighted by Gasteiger charge is 2.26. The Kier molecular flexibility index (Phi) is 12.8. The van der Waals surface area contributed by atoms with E-state index in [0.29, 0.717) is 24.2 Å². The van der Waals surface area contributed by atoms with E-state index >= 15 is 0 Å². The van der Waals surface area contributed by atoms with Crippen molar-refractivity contribution in [2.75, 3.05) is 49.9 Å². The second-order valence-corrected chi connectivity index (χ2v) is 13.8. The van der Waals surface area contributed by atoms with Gasteiger partial charge < -0.3 is 30.7 Å². The molecule has 4 N–H and O–H groups in total. The number of nitrogens with one attached hydrogen (secondary N) is 2. The van der Waals surface area contributed by atoms with E-state index in [1.807, 2.05) is 6.33 Å². The summed E-state index contributed by atoms with van der Waals surface area (Å²) in [6.07, 6.45) is 22.9. The van der Waals surface area contributed by atoms with E-state index < -0.39 is 0 Å². The quantitative estimate of drug-likeness (QED) is 0.177. The van der Waals surface area contributed by atoms with E-state index in [2.05, 4.69) is 38.8 Å². The highest BCUT2D eigenvalue weighted by Crippen LogP contribution is 2.34. The first-order valence-corrected chi connectivity index (χ1v) is 18.1. The van der Waals surface area contributed by atoms with Gasteiger partial charge in [-0.2, -0.15) is 9.97 Å². The molecule has 2 aromatic rings. The SMILES string of the molecule is CCCCN(CCCC)CCCCCN1CCC(Nc2nc(NC3CCC(N)CC3)nc3c2ncn3C2CCCC2)CC1. The molecule has 0 aromatic carbocycles. The Morgan fingerprint density at radius 2 is 1.47 bits per heavy atom. The standard InChI is InChI=1S/C34H61N9/c1-3-5-20-41(21-6-4-2)22-10-7-11-23-42-24-18-29(19-25-42)37-32-31-33(43(26-36-31)30-12-8-9-13-30)40-34(39-32)38-28-16-14-27(35)15-17-28/h26-30H,3-25,35H2,1-2H3,(H2,37,38,39,40). The van der Waals surface area contributed by atoms with Crippen LogP contribution in [0.1, 0.15) is 129 Å². The fraction of sp³-hybridized carbons (Fsp3) is 0.853. The highest BCUT2D eigenvalue weighted by molar-refractivity contribution is 5.84. The van der Waals surface area contributed by atoms with Gasteiger partial charge in [0.05, 0.1) is 6.33 Å². The van der Waals surface area contributed by atoms with Crippen LogP contribution in [0.2, 0.25) is 0 Å². The Bertz CT molecular complexity index is 1060. The molecule has 0 spiro atoms. The van der Waals surface area contributed by atoms with Gasteiger partial charge in [-0.1, -0.05) is 46.0 Å². The summed E-state index contributed by atoms with van der Waals surface area (Å²) in [7, 11) is 0. The van der Waals surface area contributed by atoms with Crippen molar-refractivity contribution < 1.29 is 0 Å². The Labute approximate surface area is 261 Å². The van der Waals surface area contributed by atoms with Gasteiger partial charge >= 0.3 is 0 Å². The molecule has 3 fully saturated rings. The maximum atomic E-state index is 6.17. The van der Waals surface area contributed by atoms with Crippen molar-refractivity contribution in [1.29, 1.82) is 0 Å². The molecule has 1 aliphatic heterocycles. The van der Waals surface area contributed by atoms with Crippen molar-refractivity contribution in [2.45, 2.75) is 147 Å². The fourth-order valence-electron chi connectivity index (χ4n) is 7.42. The van der Waals surface area contributed by atoms with Crippen LogP contribution in [0.15, 0.2) is 6.33 Å². The zero-order chi connectivity index (χ0) is 29.9. The largest absolute Gasteiger partial charge is 0.365 e. The lowest BCUT2D eigenvalue weighted by atomic mass is 9.92. The van der Waals surface area contributed by atoms with Gasteiger partial charge in [-0.15, -0.1) is 0 Å². The topological polar surface area (TPSA) is 100 Å². The number of likely N-dealkylation sites (tertiary alicyclic amines) is 1. The molecular weight excluding hydrogens is 534 g/mol. The summed E-state index contributed by atoms with van der Waals surface area (Å²) in [6.45, 7) is 12.0. The Hall–Kier alpha value is -1.97. The molecule has 1 saturated heterocycles. The zero-order valence-corrected chi connectivity index (χ0v) is 27.4. The third-order valence-corrected chi connectivity index (χ3v) is 10.3. The molecule has 0 amide bonds. The van der Waals surface area contributed by atoms with E-state index in [1.54, 1.807) is 0 Å². The first kappa shape index (κ1) is 32.4. The number of hydrogen-bond acceptors (Lipinski definition) is 8. The lowest BCUT2D eigenvalue weighted by Gasteiger charge is -2.33. The molecule has 2 aliphatic carbocycles. The molecule has 0 bridgehead atoms. The van der Waals surface area contributed by atoms with Gasteiger partial charge in [-0.3, -0.25) is 0 Å². The summed E-state index contributed by atoms with van der Waals surface area (Å²) in [5.41, 5.74) is 8.09. The number of fused-ring (bicyclic) bond motifs is 1. The number of unbranched alkanes of at least 4 members (excludes halogenated alkanes) is 4. The maximum absolute atomic E-state index is 6.17. The van der Waals surface area contributed by atoms with Crippen LogP contribution in [0.5, 0.6) is 0 Å².